The summed E-state index contributed by atoms with van der Waals surface area (Å²) >= 11 is 0. The lowest BCUT2D eigenvalue weighted by molar-refractivity contribution is 0.303. The van der Waals surface area contributed by atoms with Crippen LogP contribution in [0.25, 0.3) is 0 Å². The fraction of sp³-hybridized carbons (Fsp3) is 0.778. The lowest BCUT2D eigenvalue weighted by Crippen LogP contribution is -2.37. The Morgan fingerprint density at radius 3 is 2.10 bits per heavy atom. The highest BCUT2D eigenvalue weighted by atomic mass is 14.7. The molecular weight excluding hydrogens is 122 g/mol. The van der Waals surface area contributed by atoms with Gasteiger partial charge in [-0.3, -0.25) is 0 Å². The van der Waals surface area contributed by atoms with Gasteiger partial charge in [0.05, 0.1) is 0 Å². The first-order valence-corrected chi connectivity index (χ1v) is 3.82. The molecule has 1 heteroatoms. The van der Waals surface area contributed by atoms with Crippen LogP contribution < -0.4 is 5.73 Å². The van der Waals surface area contributed by atoms with E-state index in [-0.39, 0.29) is 11.5 Å². The molecule has 0 bridgehead atoms. The van der Waals surface area contributed by atoms with Crippen molar-refractivity contribution in [2.24, 2.45) is 11.1 Å². The van der Waals surface area contributed by atoms with E-state index >= 15 is 0 Å². The Labute approximate surface area is 64.3 Å². The lowest BCUT2D eigenvalue weighted by atomic mass is 9.79. The molecule has 0 aromatic rings. The Morgan fingerprint density at radius 2 is 2.00 bits per heavy atom. The van der Waals surface area contributed by atoms with Crippen molar-refractivity contribution >= 4 is 0 Å². The highest BCUT2D eigenvalue weighted by Gasteiger charge is 2.24. The molecule has 60 valence electrons. The van der Waals surface area contributed by atoms with Gasteiger partial charge in [-0.25, -0.2) is 0 Å². The first kappa shape index (κ1) is 9.70. The maximum absolute atomic E-state index is 5.91. The topological polar surface area (TPSA) is 26.0 Å². The highest BCUT2D eigenvalue weighted by molar-refractivity contribution is 5.05. The lowest BCUT2D eigenvalue weighted by Gasteiger charge is -2.30. The van der Waals surface area contributed by atoms with Gasteiger partial charge in [0.25, 0.3) is 0 Å². The Morgan fingerprint density at radius 1 is 1.60 bits per heavy atom. The minimum absolute atomic E-state index is 0.137. The molecule has 0 aromatic carbocycles. The van der Waals surface area contributed by atoms with Crippen molar-refractivity contribution in [3.05, 3.63) is 12.2 Å². The van der Waals surface area contributed by atoms with Crippen LogP contribution in [0.2, 0.25) is 0 Å². The molecule has 0 saturated heterocycles. The van der Waals surface area contributed by atoms with Crippen molar-refractivity contribution in [1.29, 1.82) is 0 Å². The molecule has 0 heterocycles. The summed E-state index contributed by atoms with van der Waals surface area (Å²) in [6.07, 6.45) is 1.10. The van der Waals surface area contributed by atoms with E-state index < -0.39 is 0 Å². The Kier molecular flexibility index (Phi) is 3.10. The molecule has 10 heavy (non-hydrogen) atoms. The second-order valence-electron chi connectivity index (χ2n) is 3.67. The maximum Gasteiger partial charge on any atom is 0.0300 e. The quantitative estimate of drug-likeness (QED) is 0.600. The largest absolute Gasteiger partial charge is 0.324 e. The molecule has 1 atom stereocenters. The molecule has 1 nitrogen and oxygen atoms in total. The second kappa shape index (κ2) is 3.20. The van der Waals surface area contributed by atoms with Crippen LogP contribution in [0.15, 0.2) is 12.2 Å². The van der Waals surface area contributed by atoms with Gasteiger partial charge in [0, 0.05) is 6.04 Å². The monoisotopic (exact) mass is 141 g/mol. The fourth-order valence-corrected chi connectivity index (χ4v) is 0.887. The number of hydrogen-bond donors (Lipinski definition) is 1. The van der Waals surface area contributed by atoms with Crippen LogP contribution in [0.4, 0.5) is 0 Å². The molecule has 2 N–H and O–H groups in total. The minimum Gasteiger partial charge on any atom is -0.324 e. The van der Waals surface area contributed by atoms with E-state index in [9.17, 15) is 0 Å². The predicted molar refractivity (Wildman–Crippen MR) is 46.9 cm³/mol. The molecular formula is C9H19N. The van der Waals surface area contributed by atoms with Gasteiger partial charge in [0.15, 0.2) is 0 Å². The third kappa shape index (κ3) is 2.14. The molecule has 0 rings (SSSR count). The summed E-state index contributed by atoms with van der Waals surface area (Å²) in [5.74, 6) is 0. The van der Waals surface area contributed by atoms with Gasteiger partial charge < -0.3 is 5.73 Å². The summed E-state index contributed by atoms with van der Waals surface area (Å²) in [7, 11) is 0. The molecule has 0 amide bonds. The van der Waals surface area contributed by atoms with Gasteiger partial charge in [-0.1, -0.05) is 32.9 Å². The van der Waals surface area contributed by atoms with E-state index in [1.807, 2.05) is 6.92 Å². The first-order chi connectivity index (χ1) is 4.41. The van der Waals surface area contributed by atoms with Gasteiger partial charge in [0.1, 0.15) is 0 Å². The highest BCUT2D eigenvalue weighted by Crippen LogP contribution is 2.26. The van der Waals surface area contributed by atoms with E-state index in [1.165, 1.54) is 0 Å². The molecule has 0 aliphatic rings. The van der Waals surface area contributed by atoms with Gasteiger partial charge in [-0.15, -0.1) is 0 Å². The van der Waals surface area contributed by atoms with Crippen molar-refractivity contribution < 1.29 is 0 Å². The van der Waals surface area contributed by atoms with E-state index in [0.717, 1.165) is 12.0 Å². The van der Waals surface area contributed by atoms with E-state index in [4.69, 9.17) is 5.73 Å². The molecule has 0 spiro atoms. The molecule has 0 aliphatic heterocycles. The molecule has 1 unspecified atom stereocenters. The van der Waals surface area contributed by atoms with Gasteiger partial charge in [-0.05, 0) is 18.8 Å². The summed E-state index contributed by atoms with van der Waals surface area (Å²) in [5, 5.41) is 0. The van der Waals surface area contributed by atoms with Crippen molar-refractivity contribution in [2.75, 3.05) is 0 Å². The van der Waals surface area contributed by atoms with E-state index in [1.54, 1.807) is 0 Å². The van der Waals surface area contributed by atoms with Crippen LogP contribution in [0.1, 0.15) is 34.1 Å². The van der Waals surface area contributed by atoms with Crippen molar-refractivity contribution in [3.63, 3.8) is 0 Å². The minimum atomic E-state index is 0.137. The first-order valence-electron chi connectivity index (χ1n) is 3.82. The second-order valence-corrected chi connectivity index (χ2v) is 3.67. The average Bonchev–Trinajstić information content (AvgIpc) is 1.86. The van der Waals surface area contributed by atoms with Crippen LogP contribution in [0.5, 0.6) is 0 Å². The van der Waals surface area contributed by atoms with Crippen LogP contribution in [-0.4, -0.2) is 6.04 Å². The Balaban J connectivity index is 4.17. The van der Waals surface area contributed by atoms with Crippen LogP contribution in [-0.2, 0) is 0 Å². The summed E-state index contributed by atoms with van der Waals surface area (Å²) in [6, 6.07) is 0.137. The number of hydrogen-bond acceptors (Lipinski definition) is 1. The molecule has 0 aromatic heterocycles. The summed E-state index contributed by atoms with van der Waals surface area (Å²) in [5.41, 5.74) is 7.18. The van der Waals surface area contributed by atoms with Gasteiger partial charge >= 0.3 is 0 Å². The summed E-state index contributed by atoms with van der Waals surface area (Å²) in [4.78, 5) is 0. The van der Waals surface area contributed by atoms with Crippen LogP contribution >= 0.6 is 0 Å². The molecule has 0 aliphatic carbocycles. The molecule has 0 radical (unpaired) electrons. The average molecular weight is 141 g/mol. The predicted octanol–water partition coefficient (Wildman–Crippen LogP) is 2.33. The third-order valence-electron chi connectivity index (χ3n) is 2.28. The SMILES string of the molecule is C=C(C)C(N)C(C)(C)CC. The normalized spacial score (nSPS) is 14.9. The van der Waals surface area contributed by atoms with Gasteiger partial charge in [0.2, 0.25) is 0 Å². The molecule has 0 saturated carbocycles. The summed E-state index contributed by atoms with van der Waals surface area (Å²) < 4.78 is 0. The fourth-order valence-electron chi connectivity index (χ4n) is 0.887. The zero-order valence-corrected chi connectivity index (χ0v) is 7.57. The number of rotatable bonds is 3. The van der Waals surface area contributed by atoms with Crippen molar-refractivity contribution in [2.45, 2.75) is 40.2 Å². The smallest absolute Gasteiger partial charge is 0.0300 e. The van der Waals surface area contributed by atoms with Crippen molar-refractivity contribution in [1.82, 2.24) is 0 Å². The standard InChI is InChI=1S/C9H19N/c1-6-9(4,5)8(10)7(2)3/h8H,2,6,10H2,1,3-5H3. The molecule has 0 fully saturated rings. The summed E-state index contributed by atoms with van der Waals surface area (Å²) in [6.45, 7) is 12.3. The van der Waals surface area contributed by atoms with E-state index in [2.05, 4.69) is 27.4 Å². The third-order valence-corrected chi connectivity index (χ3v) is 2.28. The van der Waals surface area contributed by atoms with Gasteiger partial charge in [-0.2, -0.15) is 0 Å². The van der Waals surface area contributed by atoms with Crippen molar-refractivity contribution in [3.8, 4) is 0 Å². The zero-order valence-electron chi connectivity index (χ0n) is 7.57. The maximum atomic E-state index is 5.91. The van der Waals surface area contributed by atoms with Crippen LogP contribution in [0, 0.1) is 5.41 Å². The van der Waals surface area contributed by atoms with E-state index in [0.29, 0.717) is 0 Å². The van der Waals surface area contributed by atoms with Crippen LogP contribution in [0.3, 0.4) is 0 Å². The Bertz CT molecular complexity index is 125. The zero-order chi connectivity index (χ0) is 8.36. The Hall–Kier alpha value is -0.300. The number of nitrogens with two attached hydrogens (primary N) is 1.